The van der Waals surface area contributed by atoms with Crippen molar-refractivity contribution in [3.05, 3.63) is 23.0 Å². The predicted octanol–water partition coefficient (Wildman–Crippen LogP) is 2.29. The highest BCUT2D eigenvalue weighted by Crippen LogP contribution is 2.16. The molecule has 0 unspecified atom stereocenters. The van der Waals surface area contributed by atoms with Crippen molar-refractivity contribution in [2.75, 3.05) is 13.2 Å². The van der Waals surface area contributed by atoms with Crippen LogP contribution in [0.1, 0.15) is 35.6 Å². The molecule has 0 bridgehead atoms. The first kappa shape index (κ1) is 13.3. The Morgan fingerprint density at radius 3 is 2.29 bits per heavy atom. The van der Waals surface area contributed by atoms with E-state index >= 15 is 0 Å². The van der Waals surface area contributed by atoms with Crippen LogP contribution in [0.25, 0.3) is 0 Å². The van der Waals surface area contributed by atoms with Crippen LogP contribution in [-0.2, 0) is 9.47 Å². The molecule has 0 aliphatic heterocycles. The van der Waals surface area contributed by atoms with Crippen LogP contribution in [0.5, 0.6) is 0 Å². The van der Waals surface area contributed by atoms with Gasteiger partial charge < -0.3 is 9.47 Å². The third kappa shape index (κ3) is 2.67. The maximum absolute atomic E-state index is 11.8. The number of esters is 1. The third-order valence-electron chi connectivity index (χ3n) is 2.29. The van der Waals surface area contributed by atoms with Crippen LogP contribution in [0.4, 0.5) is 4.79 Å². The number of rotatable bonds is 3. The summed E-state index contributed by atoms with van der Waals surface area (Å²) in [5.41, 5.74) is 1.60. The highest BCUT2D eigenvalue weighted by atomic mass is 16.6. The molecule has 0 fully saturated rings. The summed E-state index contributed by atoms with van der Waals surface area (Å²) in [4.78, 5) is 23.5. The largest absolute Gasteiger partial charge is 0.461 e. The second-order valence-corrected chi connectivity index (χ2v) is 3.57. The van der Waals surface area contributed by atoms with E-state index in [-0.39, 0.29) is 18.9 Å². The van der Waals surface area contributed by atoms with Crippen molar-refractivity contribution in [1.29, 1.82) is 0 Å². The third-order valence-corrected chi connectivity index (χ3v) is 2.29. The first-order chi connectivity index (χ1) is 8.02. The van der Waals surface area contributed by atoms with Gasteiger partial charge in [-0.2, -0.15) is 0 Å². The topological polar surface area (TPSA) is 57.5 Å². The van der Waals surface area contributed by atoms with Gasteiger partial charge in [-0.05, 0) is 39.3 Å². The Bertz CT molecular complexity index is 395. The van der Waals surface area contributed by atoms with Gasteiger partial charge in [0.2, 0.25) is 0 Å². The van der Waals surface area contributed by atoms with Crippen molar-refractivity contribution in [2.45, 2.75) is 27.7 Å². The molecular weight excluding hydrogens is 222 g/mol. The van der Waals surface area contributed by atoms with Gasteiger partial charge in [-0.1, -0.05) is 0 Å². The average molecular weight is 239 g/mol. The second kappa shape index (κ2) is 5.52. The molecule has 17 heavy (non-hydrogen) atoms. The zero-order valence-electron chi connectivity index (χ0n) is 10.6. The summed E-state index contributed by atoms with van der Waals surface area (Å²) in [6.45, 7) is 7.47. The molecule has 0 amide bonds. The molecule has 0 radical (unpaired) electrons. The molecule has 1 rings (SSSR count). The predicted molar refractivity (Wildman–Crippen MR) is 62.3 cm³/mol. The lowest BCUT2D eigenvalue weighted by atomic mass is 10.2. The molecule has 1 aromatic heterocycles. The SMILES string of the molecule is CCOC(=O)c1c(C)cc(C)n1C(=O)OCC. The van der Waals surface area contributed by atoms with E-state index in [1.807, 2.05) is 0 Å². The number of hydrogen-bond donors (Lipinski definition) is 0. The van der Waals surface area contributed by atoms with E-state index in [1.165, 1.54) is 4.57 Å². The van der Waals surface area contributed by atoms with E-state index in [9.17, 15) is 9.59 Å². The minimum atomic E-state index is -0.554. The number of hydrogen-bond acceptors (Lipinski definition) is 4. The van der Waals surface area contributed by atoms with E-state index in [1.54, 1.807) is 33.8 Å². The second-order valence-electron chi connectivity index (χ2n) is 3.57. The fourth-order valence-corrected chi connectivity index (χ4v) is 1.67. The summed E-state index contributed by atoms with van der Waals surface area (Å²) in [6, 6.07) is 1.75. The van der Waals surface area contributed by atoms with E-state index in [4.69, 9.17) is 9.47 Å². The number of ether oxygens (including phenoxy) is 2. The smallest absolute Gasteiger partial charge is 0.418 e. The minimum Gasteiger partial charge on any atom is -0.461 e. The van der Waals surface area contributed by atoms with Gasteiger partial charge in [0.15, 0.2) is 0 Å². The lowest BCUT2D eigenvalue weighted by molar-refractivity contribution is 0.0510. The number of carbonyl (C=O) groups is 2. The molecule has 0 saturated heterocycles. The lowest BCUT2D eigenvalue weighted by Crippen LogP contribution is -2.21. The summed E-state index contributed by atoms with van der Waals surface area (Å²) in [7, 11) is 0. The standard InChI is InChI=1S/C12H17NO4/c1-5-16-11(14)10-8(3)7-9(4)13(10)12(15)17-6-2/h7H,5-6H2,1-4H3. The van der Waals surface area contributed by atoms with Crippen LogP contribution >= 0.6 is 0 Å². The fourth-order valence-electron chi connectivity index (χ4n) is 1.67. The lowest BCUT2D eigenvalue weighted by Gasteiger charge is -2.09. The molecule has 0 spiro atoms. The van der Waals surface area contributed by atoms with Gasteiger partial charge in [-0.3, -0.25) is 0 Å². The van der Waals surface area contributed by atoms with Crippen LogP contribution in [0.15, 0.2) is 6.07 Å². The van der Waals surface area contributed by atoms with Gasteiger partial charge >= 0.3 is 12.1 Å². The van der Waals surface area contributed by atoms with Crippen molar-refractivity contribution >= 4 is 12.1 Å². The van der Waals surface area contributed by atoms with E-state index in [2.05, 4.69) is 0 Å². The minimum absolute atomic E-state index is 0.239. The Morgan fingerprint density at radius 2 is 1.76 bits per heavy atom. The number of nitrogens with zero attached hydrogens (tertiary/aromatic N) is 1. The highest BCUT2D eigenvalue weighted by molar-refractivity contribution is 5.94. The van der Waals surface area contributed by atoms with Gasteiger partial charge in [0.05, 0.1) is 13.2 Å². The van der Waals surface area contributed by atoms with E-state index in [0.29, 0.717) is 11.3 Å². The first-order valence-electron chi connectivity index (χ1n) is 5.56. The average Bonchev–Trinajstić information content (AvgIpc) is 2.54. The molecule has 5 heteroatoms. The van der Waals surface area contributed by atoms with Crippen LogP contribution in [0.2, 0.25) is 0 Å². The van der Waals surface area contributed by atoms with Crippen molar-refractivity contribution in [2.24, 2.45) is 0 Å². The molecule has 5 nitrogen and oxygen atoms in total. The zero-order chi connectivity index (χ0) is 13.0. The highest BCUT2D eigenvalue weighted by Gasteiger charge is 2.23. The van der Waals surface area contributed by atoms with E-state index in [0.717, 1.165) is 0 Å². The van der Waals surface area contributed by atoms with Gasteiger partial charge in [-0.15, -0.1) is 0 Å². The van der Waals surface area contributed by atoms with Crippen molar-refractivity contribution in [3.63, 3.8) is 0 Å². The summed E-state index contributed by atoms with van der Waals surface area (Å²) >= 11 is 0. The summed E-state index contributed by atoms with van der Waals surface area (Å²) in [5.74, 6) is -0.508. The number of carbonyl (C=O) groups excluding carboxylic acids is 2. The van der Waals surface area contributed by atoms with Gasteiger partial charge in [0.25, 0.3) is 0 Å². The fraction of sp³-hybridized carbons (Fsp3) is 0.500. The van der Waals surface area contributed by atoms with Crippen molar-refractivity contribution in [1.82, 2.24) is 4.57 Å². The number of aromatic nitrogens is 1. The maximum atomic E-state index is 11.8. The molecule has 0 atom stereocenters. The molecule has 0 aliphatic carbocycles. The Labute approximate surface area is 100 Å². The monoisotopic (exact) mass is 239 g/mol. The molecule has 1 aromatic rings. The summed E-state index contributed by atoms with van der Waals surface area (Å²) < 4.78 is 11.1. The zero-order valence-corrected chi connectivity index (χ0v) is 10.6. The molecule has 0 aliphatic rings. The molecule has 1 heterocycles. The van der Waals surface area contributed by atoms with Crippen molar-refractivity contribution in [3.8, 4) is 0 Å². The Balaban J connectivity index is 3.19. The van der Waals surface area contributed by atoms with Gasteiger partial charge in [0, 0.05) is 5.69 Å². The van der Waals surface area contributed by atoms with Crippen molar-refractivity contribution < 1.29 is 19.1 Å². The molecule has 0 N–H and O–H groups in total. The maximum Gasteiger partial charge on any atom is 0.418 e. The van der Waals surface area contributed by atoms with Crippen LogP contribution in [-0.4, -0.2) is 29.8 Å². The van der Waals surface area contributed by atoms with Crippen LogP contribution in [0, 0.1) is 13.8 Å². The van der Waals surface area contributed by atoms with Crippen LogP contribution < -0.4 is 0 Å². The van der Waals surface area contributed by atoms with Crippen LogP contribution in [0.3, 0.4) is 0 Å². The quantitative estimate of drug-likeness (QED) is 0.759. The molecular formula is C12H17NO4. The normalized spacial score (nSPS) is 10.1. The first-order valence-corrected chi connectivity index (χ1v) is 5.56. The number of aryl methyl sites for hydroxylation is 2. The molecule has 0 saturated carbocycles. The Kier molecular flexibility index (Phi) is 4.31. The van der Waals surface area contributed by atoms with Gasteiger partial charge in [0.1, 0.15) is 5.69 Å². The van der Waals surface area contributed by atoms with E-state index < -0.39 is 12.1 Å². The molecule has 0 aromatic carbocycles. The summed E-state index contributed by atoms with van der Waals surface area (Å²) in [6.07, 6.45) is -0.554. The Hall–Kier alpha value is -1.78. The summed E-state index contributed by atoms with van der Waals surface area (Å²) in [5, 5.41) is 0. The van der Waals surface area contributed by atoms with Gasteiger partial charge in [-0.25, -0.2) is 14.2 Å². The molecule has 94 valence electrons. The Morgan fingerprint density at radius 1 is 1.18 bits per heavy atom.